The standard InChI is InChI=1S/C19H21N3O4S/c1-14(23)22-17-9-6-15(7-10-17)8-11-19(24)21-13-16-4-3-5-18(12-16)27(25,26)20-2/h3-12,20H,13H2,1-2H3,(H,21,24)(H,22,23)/b11-8+. The van der Waals surface area contributed by atoms with E-state index in [0.29, 0.717) is 11.3 Å². The summed E-state index contributed by atoms with van der Waals surface area (Å²) in [5.74, 6) is -0.452. The molecule has 0 aliphatic rings. The minimum Gasteiger partial charge on any atom is -0.348 e. The largest absolute Gasteiger partial charge is 0.348 e. The number of hydrogen-bond acceptors (Lipinski definition) is 4. The summed E-state index contributed by atoms with van der Waals surface area (Å²) in [6, 6.07) is 13.4. The molecular weight excluding hydrogens is 366 g/mol. The van der Waals surface area contributed by atoms with E-state index >= 15 is 0 Å². The fraction of sp³-hybridized carbons (Fsp3) is 0.158. The Morgan fingerprint density at radius 3 is 2.41 bits per heavy atom. The molecule has 27 heavy (non-hydrogen) atoms. The van der Waals surface area contributed by atoms with Gasteiger partial charge in [0.2, 0.25) is 21.8 Å². The first-order valence-electron chi connectivity index (χ1n) is 8.16. The number of hydrogen-bond donors (Lipinski definition) is 3. The Kier molecular flexibility index (Phi) is 6.86. The maximum absolute atomic E-state index is 12.0. The Hall–Kier alpha value is -2.97. The zero-order chi connectivity index (χ0) is 19.9. The molecule has 0 atom stereocenters. The quantitative estimate of drug-likeness (QED) is 0.631. The van der Waals surface area contributed by atoms with Crippen LogP contribution in [0.3, 0.4) is 0 Å². The lowest BCUT2D eigenvalue weighted by Gasteiger charge is -2.06. The van der Waals surface area contributed by atoms with Gasteiger partial charge in [0, 0.05) is 25.2 Å². The molecule has 2 aromatic carbocycles. The topological polar surface area (TPSA) is 104 Å². The fourth-order valence-corrected chi connectivity index (χ4v) is 3.04. The van der Waals surface area contributed by atoms with Gasteiger partial charge in [-0.15, -0.1) is 0 Å². The van der Waals surface area contributed by atoms with Crippen LogP contribution in [-0.2, 0) is 26.2 Å². The van der Waals surface area contributed by atoms with Crippen LogP contribution in [0.5, 0.6) is 0 Å². The van der Waals surface area contributed by atoms with Gasteiger partial charge in [-0.3, -0.25) is 9.59 Å². The second-order valence-electron chi connectivity index (χ2n) is 5.71. The van der Waals surface area contributed by atoms with Gasteiger partial charge in [-0.25, -0.2) is 13.1 Å². The molecule has 0 bridgehead atoms. The lowest BCUT2D eigenvalue weighted by atomic mass is 10.2. The van der Waals surface area contributed by atoms with Crippen molar-refractivity contribution >= 4 is 33.6 Å². The van der Waals surface area contributed by atoms with Gasteiger partial charge < -0.3 is 10.6 Å². The van der Waals surface area contributed by atoms with Crippen molar-refractivity contribution in [3.63, 3.8) is 0 Å². The molecule has 3 N–H and O–H groups in total. The summed E-state index contributed by atoms with van der Waals surface area (Å²) >= 11 is 0. The van der Waals surface area contributed by atoms with Crippen LogP contribution in [0.25, 0.3) is 6.08 Å². The van der Waals surface area contributed by atoms with Crippen LogP contribution in [0.4, 0.5) is 5.69 Å². The number of amides is 2. The highest BCUT2D eigenvalue weighted by atomic mass is 32.2. The third-order valence-electron chi connectivity index (χ3n) is 3.60. The number of anilines is 1. The van der Waals surface area contributed by atoms with E-state index in [1.165, 1.54) is 32.2 Å². The lowest BCUT2D eigenvalue weighted by Crippen LogP contribution is -2.21. The van der Waals surface area contributed by atoms with Crippen molar-refractivity contribution in [2.24, 2.45) is 0 Å². The minimum absolute atomic E-state index is 0.145. The summed E-state index contributed by atoms with van der Waals surface area (Å²) in [5, 5.41) is 5.37. The molecule has 0 fully saturated rings. The second kappa shape index (κ2) is 9.11. The van der Waals surface area contributed by atoms with Crippen LogP contribution >= 0.6 is 0 Å². The van der Waals surface area contributed by atoms with Gasteiger partial charge in [0.05, 0.1) is 4.90 Å². The average Bonchev–Trinajstić information content (AvgIpc) is 2.65. The molecule has 0 heterocycles. The maximum atomic E-state index is 12.0. The zero-order valence-electron chi connectivity index (χ0n) is 15.0. The molecule has 0 unspecified atom stereocenters. The summed E-state index contributed by atoms with van der Waals surface area (Å²) in [5.41, 5.74) is 2.16. The average molecular weight is 387 g/mol. The number of benzene rings is 2. The Bertz CT molecular complexity index is 951. The monoisotopic (exact) mass is 387 g/mol. The third-order valence-corrected chi connectivity index (χ3v) is 5.01. The van der Waals surface area contributed by atoms with Crippen LogP contribution in [0.1, 0.15) is 18.1 Å². The van der Waals surface area contributed by atoms with Gasteiger partial charge in [0.1, 0.15) is 0 Å². The molecule has 0 spiro atoms. The first kappa shape index (κ1) is 20.3. The van der Waals surface area contributed by atoms with Crippen molar-refractivity contribution in [2.45, 2.75) is 18.4 Å². The molecule has 0 saturated carbocycles. The van der Waals surface area contributed by atoms with Gasteiger partial charge in [-0.1, -0.05) is 24.3 Å². The predicted molar refractivity (Wildman–Crippen MR) is 104 cm³/mol. The molecule has 7 nitrogen and oxygen atoms in total. The van der Waals surface area contributed by atoms with Gasteiger partial charge >= 0.3 is 0 Å². The van der Waals surface area contributed by atoms with E-state index < -0.39 is 10.0 Å². The summed E-state index contributed by atoms with van der Waals surface area (Å²) in [6.07, 6.45) is 3.04. The lowest BCUT2D eigenvalue weighted by molar-refractivity contribution is -0.116. The van der Waals surface area contributed by atoms with Crippen LogP contribution in [-0.4, -0.2) is 27.3 Å². The number of nitrogens with one attached hydrogen (secondary N) is 3. The number of carbonyl (C=O) groups is 2. The summed E-state index contributed by atoms with van der Waals surface area (Å²) in [7, 11) is -2.18. The first-order valence-corrected chi connectivity index (χ1v) is 9.64. The Morgan fingerprint density at radius 1 is 1.07 bits per heavy atom. The van der Waals surface area contributed by atoms with E-state index in [1.807, 2.05) is 0 Å². The van der Waals surface area contributed by atoms with Gasteiger partial charge in [0.25, 0.3) is 0 Å². The molecule has 0 saturated heterocycles. The Morgan fingerprint density at radius 2 is 1.78 bits per heavy atom. The smallest absolute Gasteiger partial charge is 0.244 e. The van der Waals surface area contributed by atoms with Crippen LogP contribution in [0.15, 0.2) is 59.5 Å². The van der Waals surface area contributed by atoms with E-state index in [-0.39, 0.29) is 23.3 Å². The van der Waals surface area contributed by atoms with Gasteiger partial charge in [-0.05, 0) is 48.5 Å². The van der Waals surface area contributed by atoms with E-state index in [9.17, 15) is 18.0 Å². The molecule has 0 aliphatic carbocycles. The normalized spacial score (nSPS) is 11.3. The van der Waals surface area contributed by atoms with Crippen molar-refractivity contribution < 1.29 is 18.0 Å². The fourth-order valence-electron chi connectivity index (χ4n) is 2.24. The van der Waals surface area contributed by atoms with Gasteiger partial charge in [-0.2, -0.15) is 0 Å². The van der Waals surface area contributed by atoms with E-state index in [4.69, 9.17) is 0 Å². The maximum Gasteiger partial charge on any atom is 0.244 e. The molecule has 0 aromatic heterocycles. The SMILES string of the molecule is CNS(=O)(=O)c1cccc(CNC(=O)/C=C/c2ccc(NC(C)=O)cc2)c1. The Balaban J connectivity index is 1.93. The molecule has 142 valence electrons. The van der Waals surface area contributed by atoms with Crippen molar-refractivity contribution in [1.29, 1.82) is 0 Å². The van der Waals surface area contributed by atoms with E-state index in [1.54, 1.807) is 42.5 Å². The second-order valence-corrected chi connectivity index (χ2v) is 7.60. The number of carbonyl (C=O) groups excluding carboxylic acids is 2. The molecule has 0 radical (unpaired) electrons. The van der Waals surface area contributed by atoms with E-state index in [0.717, 1.165) is 5.56 Å². The van der Waals surface area contributed by atoms with E-state index in [2.05, 4.69) is 15.4 Å². The van der Waals surface area contributed by atoms with Crippen molar-refractivity contribution in [3.8, 4) is 0 Å². The number of rotatable bonds is 7. The molecule has 2 aromatic rings. The molecule has 2 amide bonds. The minimum atomic E-state index is -3.52. The molecule has 0 aliphatic heterocycles. The summed E-state index contributed by atoms with van der Waals surface area (Å²) in [6.45, 7) is 1.64. The van der Waals surface area contributed by atoms with Crippen molar-refractivity contribution in [2.75, 3.05) is 12.4 Å². The summed E-state index contributed by atoms with van der Waals surface area (Å²) in [4.78, 5) is 23.1. The van der Waals surface area contributed by atoms with Crippen LogP contribution in [0, 0.1) is 0 Å². The molecule has 2 rings (SSSR count). The van der Waals surface area contributed by atoms with Gasteiger partial charge in [0.15, 0.2) is 0 Å². The predicted octanol–water partition coefficient (Wildman–Crippen LogP) is 1.88. The molecule has 8 heteroatoms. The van der Waals surface area contributed by atoms with Crippen molar-refractivity contribution in [3.05, 3.63) is 65.7 Å². The van der Waals surface area contributed by atoms with Crippen LogP contribution < -0.4 is 15.4 Å². The third kappa shape index (κ3) is 6.36. The van der Waals surface area contributed by atoms with Crippen LogP contribution in [0.2, 0.25) is 0 Å². The summed E-state index contributed by atoms with van der Waals surface area (Å²) < 4.78 is 25.9. The van der Waals surface area contributed by atoms with Crippen molar-refractivity contribution in [1.82, 2.24) is 10.0 Å². The highest BCUT2D eigenvalue weighted by Crippen LogP contribution is 2.12. The number of sulfonamides is 1. The highest BCUT2D eigenvalue weighted by Gasteiger charge is 2.11. The highest BCUT2D eigenvalue weighted by molar-refractivity contribution is 7.89. The Labute approximate surface area is 158 Å². The molecular formula is C19H21N3O4S. The zero-order valence-corrected chi connectivity index (χ0v) is 15.8. The first-order chi connectivity index (χ1) is 12.8.